The Kier molecular flexibility index (Phi) is 14.3. The molecule has 0 saturated carbocycles. The van der Waals surface area contributed by atoms with Crippen LogP contribution in [0.25, 0.3) is 50.6 Å². The Morgan fingerprint density at radius 3 is 1.10 bits per heavy atom. The van der Waals surface area contributed by atoms with Crippen LogP contribution in [-0.2, 0) is 10.8 Å². The van der Waals surface area contributed by atoms with Crippen molar-refractivity contribution < 1.29 is 0 Å². The number of rotatable bonds is 23. The van der Waals surface area contributed by atoms with Crippen molar-refractivity contribution in [3.05, 3.63) is 138 Å². The zero-order valence-corrected chi connectivity index (χ0v) is 36.7. The molecule has 0 spiro atoms. The number of hydrogen-bond acceptors (Lipinski definition) is 0. The van der Waals surface area contributed by atoms with Crippen LogP contribution in [0, 0.1) is 0 Å². The van der Waals surface area contributed by atoms with E-state index in [1.54, 1.807) is 22.3 Å². The van der Waals surface area contributed by atoms with Gasteiger partial charge >= 0.3 is 0 Å². The molecule has 5 aromatic rings. The molecular formula is C58H72. The second-order valence-electron chi connectivity index (χ2n) is 18.1. The molecule has 0 fully saturated rings. The van der Waals surface area contributed by atoms with Gasteiger partial charge in [-0.3, -0.25) is 0 Å². The Morgan fingerprint density at radius 1 is 0.362 bits per heavy atom. The molecule has 0 aromatic heterocycles. The molecule has 5 aromatic carbocycles. The minimum Gasteiger partial charge on any atom is -0.0985 e. The number of hydrogen-bond donors (Lipinski definition) is 0. The van der Waals surface area contributed by atoms with Crippen molar-refractivity contribution >= 4 is 6.08 Å². The molecule has 0 bridgehead atoms. The average molecular weight is 769 g/mol. The third-order valence-corrected chi connectivity index (χ3v) is 14.3. The minimum absolute atomic E-state index is 0.0223. The topological polar surface area (TPSA) is 0 Å². The van der Waals surface area contributed by atoms with Gasteiger partial charge in [0.25, 0.3) is 0 Å². The second kappa shape index (κ2) is 19.7. The summed E-state index contributed by atoms with van der Waals surface area (Å²) in [6, 6.07) is 41.1. The highest BCUT2D eigenvalue weighted by atomic mass is 14.5. The number of benzene rings is 5. The molecule has 0 N–H and O–H groups in total. The molecule has 7 rings (SSSR count). The third kappa shape index (κ3) is 8.46. The molecule has 0 atom stereocenters. The molecule has 0 aliphatic heterocycles. The Morgan fingerprint density at radius 2 is 0.707 bits per heavy atom. The van der Waals surface area contributed by atoms with Crippen LogP contribution in [0.3, 0.4) is 0 Å². The van der Waals surface area contributed by atoms with Gasteiger partial charge in [0.1, 0.15) is 0 Å². The minimum atomic E-state index is 0.0223. The molecular weight excluding hydrogens is 697 g/mol. The molecule has 2 aliphatic carbocycles. The number of unbranched alkanes of at least 4 members (excludes halogenated alkanes) is 12. The second-order valence-corrected chi connectivity index (χ2v) is 18.1. The van der Waals surface area contributed by atoms with Gasteiger partial charge in [-0.2, -0.15) is 0 Å². The Labute approximate surface area is 353 Å². The van der Waals surface area contributed by atoms with Crippen molar-refractivity contribution in [3.63, 3.8) is 0 Å². The fraction of sp³-hybridized carbons (Fsp3) is 0.448. The van der Waals surface area contributed by atoms with Crippen LogP contribution in [0.1, 0.15) is 184 Å². The van der Waals surface area contributed by atoms with Gasteiger partial charge in [0.05, 0.1) is 0 Å². The Balaban J connectivity index is 1.34. The van der Waals surface area contributed by atoms with Gasteiger partial charge in [0.2, 0.25) is 0 Å². The van der Waals surface area contributed by atoms with Crippen molar-refractivity contribution in [2.24, 2.45) is 0 Å². The molecule has 0 heterocycles. The monoisotopic (exact) mass is 769 g/mol. The summed E-state index contributed by atoms with van der Waals surface area (Å²) in [5.41, 5.74) is 18.9. The van der Waals surface area contributed by atoms with E-state index in [1.807, 2.05) is 6.08 Å². The normalized spacial score (nSPS) is 14.2. The van der Waals surface area contributed by atoms with E-state index in [1.165, 1.54) is 178 Å². The van der Waals surface area contributed by atoms with Gasteiger partial charge in [-0.1, -0.05) is 228 Å². The summed E-state index contributed by atoms with van der Waals surface area (Å²) in [6.45, 7) is 13.4. The van der Waals surface area contributed by atoms with E-state index in [-0.39, 0.29) is 10.8 Å². The quantitative estimate of drug-likeness (QED) is 0.0581. The third-order valence-electron chi connectivity index (χ3n) is 14.3. The summed E-state index contributed by atoms with van der Waals surface area (Å²) in [5.74, 6) is 0. The van der Waals surface area contributed by atoms with Crippen LogP contribution in [0.5, 0.6) is 0 Å². The first-order valence-corrected chi connectivity index (χ1v) is 23.8. The first kappa shape index (κ1) is 42.0. The maximum atomic E-state index is 4.00. The summed E-state index contributed by atoms with van der Waals surface area (Å²) in [4.78, 5) is 0. The van der Waals surface area contributed by atoms with E-state index in [9.17, 15) is 0 Å². The van der Waals surface area contributed by atoms with E-state index in [4.69, 9.17) is 0 Å². The highest BCUT2D eigenvalue weighted by Gasteiger charge is 2.44. The van der Waals surface area contributed by atoms with Crippen LogP contribution >= 0.6 is 0 Å². The van der Waals surface area contributed by atoms with E-state index >= 15 is 0 Å². The lowest BCUT2D eigenvalue weighted by Gasteiger charge is -2.34. The lowest BCUT2D eigenvalue weighted by atomic mass is 9.69. The lowest BCUT2D eigenvalue weighted by molar-refractivity contribution is 0.401. The van der Waals surface area contributed by atoms with Crippen molar-refractivity contribution in [1.82, 2.24) is 0 Å². The Bertz CT molecular complexity index is 2080. The maximum Gasteiger partial charge on any atom is 0.0215 e. The Hall–Kier alpha value is -4.16. The van der Waals surface area contributed by atoms with Crippen LogP contribution in [-0.4, -0.2) is 0 Å². The van der Waals surface area contributed by atoms with E-state index in [0.29, 0.717) is 0 Å². The van der Waals surface area contributed by atoms with Gasteiger partial charge < -0.3 is 0 Å². The van der Waals surface area contributed by atoms with Gasteiger partial charge in [0, 0.05) is 10.8 Å². The highest BCUT2D eigenvalue weighted by molar-refractivity contribution is 5.88. The van der Waals surface area contributed by atoms with Crippen LogP contribution in [0.15, 0.2) is 110 Å². The molecule has 2 aliphatic rings. The molecule has 304 valence electrons. The zero-order chi connectivity index (χ0) is 40.4. The summed E-state index contributed by atoms with van der Waals surface area (Å²) in [5, 5.41) is 0. The first-order valence-electron chi connectivity index (χ1n) is 23.8. The summed E-state index contributed by atoms with van der Waals surface area (Å²) in [7, 11) is 0. The van der Waals surface area contributed by atoms with Crippen molar-refractivity contribution in [3.8, 4) is 44.5 Å². The standard InChI is InChI=1S/C58H72/c1-6-11-15-21-37-57(38-22-16-12-7-2)53-26-20-19-25-49(53)50-35-32-47(42-54(50)57)48-33-36-52-51-34-31-46(45-29-27-44(10-5)28-30-45)41-55(51)58(56(52)43-48,39-23-17-13-8-3)40-24-18-14-9-4/h10,19-20,25-36,41-43H,5-9,11-18,21-24,37-40H2,1-4H3. The summed E-state index contributed by atoms with van der Waals surface area (Å²) in [6.07, 6.45) is 27.7. The molecule has 0 unspecified atom stereocenters. The fourth-order valence-electron chi connectivity index (χ4n) is 11.0. The smallest absolute Gasteiger partial charge is 0.0215 e. The summed E-state index contributed by atoms with van der Waals surface area (Å²) >= 11 is 0. The molecule has 0 amide bonds. The van der Waals surface area contributed by atoms with Crippen LogP contribution < -0.4 is 0 Å². The molecule has 0 nitrogen and oxygen atoms in total. The predicted molar refractivity (Wildman–Crippen MR) is 255 cm³/mol. The lowest BCUT2D eigenvalue weighted by Crippen LogP contribution is -2.26. The number of fused-ring (bicyclic) bond motifs is 6. The fourth-order valence-corrected chi connectivity index (χ4v) is 11.0. The van der Waals surface area contributed by atoms with E-state index < -0.39 is 0 Å². The average Bonchev–Trinajstić information content (AvgIpc) is 3.70. The van der Waals surface area contributed by atoms with E-state index in [2.05, 4.69) is 137 Å². The molecule has 0 heteroatoms. The molecule has 0 radical (unpaired) electrons. The molecule has 58 heavy (non-hydrogen) atoms. The maximum absolute atomic E-state index is 4.00. The molecule has 0 saturated heterocycles. The van der Waals surface area contributed by atoms with Crippen LogP contribution in [0.2, 0.25) is 0 Å². The van der Waals surface area contributed by atoms with Gasteiger partial charge in [-0.05, 0) is 116 Å². The van der Waals surface area contributed by atoms with E-state index in [0.717, 1.165) is 0 Å². The van der Waals surface area contributed by atoms with Gasteiger partial charge in [-0.25, -0.2) is 0 Å². The van der Waals surface area contributed by atoms with Crippen molar-refractivity contribution in [2.75, 3.05) is 0 Å². The highest BCUT2D eigenvalue weighted by Crippen LogP contribution is 2.57. The summed E-state index contributed by atoms with van der Waals surface area (Å²) < 4.78 is 0. The van der Waals surface area contributed by atoms with Crippen molar-refractivity contribution in [1.29, 1.82) is 0 Å². The first-order chi connectivity index (χ1) is 28.5. The predicted octanol–water partition coefficient (Wildman–Crippen LogP) is 18.1. The van der Waals surface area contributed by atoms with Gasteiger partial charge in [0.15, 0.2) is 0 Å². The van der Waals surface area contributed by atoms with Crippen LogP contribution in [0.4, 0.5) is 0 Å². The SMILES string of the molecule is C=Cc1ccc(-c2ccc3c(c2)C(CCCCCC)(CCCCCC)c2cc(-c4ccc5c(c4)C(CCCCCC)(CCCCCC)c4ccccc4-5)ccc2-3)cc1. The van der Waals surface area contributed by atoms with Gasteiger partial charge in [-0.15, -0.1) is 0 Å². The van der Waals surface area contributed by atoms with Crippen molar-refractivity contribution in [2.45, 2.75) is 167 Å². The largest absolute Gasteiger partial charge is 0.0985 e. The zero-order valence-electron chi connectivity index (χ0n) is 36.7.